The van der Waals surface area contributed by atoms with Gasteiger partial charge in [0.1, 0.15) is 5.75 Å². The van der Waals surface area contributed by atoms with Gasteiger partial charge in [0, 0.05) is 37.1 Å². The molecule has 0 bridgehead atoms. The molecule has 0 spiro atoms. The minimum absolute atomic E-state index is 0.0498. The molecule has 0 radical (unpaired) electrons. The van der Waals surface area contributed by atoms with E-state index in [1.54, 1.807) is 23.1 Å². The van der Waals surface area contributed by atoms with E-state index in [9.17, 15) is 9.59 Å². The van der Waals surface area contributed by atoms with Crippen molar-refractivity contribution in [3.05, 3.63) is 28.2 Å². The van der Waals surface area contributed by atoms with E-state index in [0.717, 1.165) is 38.8 Å². The van der Waals surface area contributed by atoms with Crippen molar-refractivity contribution in [1.82, 2.24) is 9.80 Å². The highest BCUT2D eigenvalue weighted by molar-refractivity contribution is 6.35. The molecule has 0 unspecified atom stereocenters. The number of carbonyl (C=O) groups excluding carboxylic acids is 2. The van der Waals surface area contributed by atoms with Gasteiger partial charge < -0.3 is 14.5 Å². The Balaban J connectivity index is 1.45. The Morgan fingerprint density at radius 2 is 1.72 bits per heavy atom. The number of carbonyl (C=O) groups is 2. The first-order chi connectivity index (χ1) is 12.0. The Morgan fingerprint density at radius 1 is 1.04 bits per heavy atom. The van der Waals surface area contributed by atoms with Crippen LogP contribution in [0.4, 0.5) is 0 Å². The number of ether oxygens (including phenoxy) is 1. The lowest BCUT2D eigenvalue weighted by Crippen LogP contribution is -2.45. The second kappa shape index (κ2) is 8.28. The van der Waals surface area contributed by atoms with E-state index < -0.39 is 0 Å². The summed E-state index contributed by atoms with van der Waals surface area (Å²) in [5.41, 5.74) is 0. The lowest BCUT2D eigenvalue weighted by Gasteiger charge is -2.33. The number of hydrogen-bond donors (Lipinski definition) is 0. The lowest BCUT2D eigenvalue weighted by molar-refractivity contribution is -0.140. The molecule has 136 valence electrons. The standard InChI is InChI=1S/C18H22Cl2N2O3/c19-14-3-4-16(15(20)11-14)25-12-17(23)21-9-5-13(6-10-21)18(24)22-7-1-2-8-22/h3-4,11,13H,1-2,5-10,12H2. The smallest absolute Gasteiger partial charge is 0.260 e. The molecule has 0 aliphatic carbocycles. The highest BCUT2D eigenvalue weighted by Crippen LogP contribution is 2.28. The topological polar surface area (TPSA) is 49.9 Å². The molecule has 2 heterocycles. The molecule has 2 amide bonds. The van der Waals surface area contributed by atoms with E-state index in [2.05, 4.69) is 0 Å². The zero-order valence-corrected chi connectivity index (χ0v) is 15.6. The average Bonchev–Trinajstić information content (AvgIpc) is 3.15. The summed E-state index contributed by atoms with van der Waals surface area (Å²) >= 11 is 11.9. The maximum atomic E-state index is 12.4. The summed E-state index contributed by atoms with van der Waals surface area (Å²) in [5.74, 6) is 0.666. The summed E-state index contributed by atoms with van der Waals surface area (Å²) in [6, 6.07) is 4.90. The fourth-order valence-corrected chi connectivity index (χ4v) is 3.86. The molecule has 0 N–H and O–H groups in total. The molecule has 2 saturated heterocycles. The number of amides is 2. The van der Waals surface area contributed by atoms with Gasteiger partial charge in [0.15, 0.2) is 6.61 Å². The molecular formula is C18H22Cl2N2O3. The van der Waals surface area contributed by atoms with Crippen LogP contribution in [-0.2, 0) is 9.59 Å². The van der Waals surface area contributed by atoms with Crippen LogP contribution in [-0.4, -0.2) is 54.4 Å². The molecular weight excluding hydrogens is 363 g/mol. The van der Waals surface area contributed by atoms with Crippen LogP contribution < -0.4 is 4.74 Å². The monoisotopic (exact) mass is 384 g/mol. The second-order valence-electron chi connectivity index (χ2n) is 6.55. The van der Waals surface area contributed by atoms with Crippen molar-refractivity contribution in [3.63, 3.8) is 0 Å². The molecule has 2 aliphatic heterocycles. The van der Waals surface area contributed by atoms with Crippen molar-refractivity contribution in [2.24, 2.45) is 5.92 Å². The largest absolute Gasteiger partial charge is 0.482 e. The number of benzene rings is 1. The summed E-state index contributed by atoms with van der Waals surface area (Å²) in [7, 11) is 0. The van der Waals surface area contributed by atoms with E-state index in [-0.39, 0.29) is 24.3 Å². The quantitative estimate of drug-likeness (QED) is 0.800. The lowest BCUT2D eigenvalue weighted by atomic mass is 9.95. The minimum Gasteiger partial charge on any atom is -0.482 e. The van der Waals surface area contributed by atoms with Crippen LogP contribution in [0.2, 0.25) is 10.0 Å². The summed E-state index contributed by atoms with van der Waals surface area (Å²) < 4.78 is 5.51. The molecule has 1 aromatic rings. The van der Waals surface area contributed by atoms with Gasteiger partial charge in [-0.1, -0.05) is 23.2 Å². The van der Waals surface area contributed by atoms with E-state index in [4.69, 9.17) is 27.9 Å². The van der Waals surface area contributed by atoms with Crippen LogP contribution in [0.25, 0.3) is 0 Å². The van der Waals surface area contributed by atoms with Crippen LogP contribution in [0.1, 0.15) is 25.7 Å². The van der Waals surface area contributed by atoms with Crippen molar-refractivity contribution in [2.75, 3.05) is 32.8 Å². The average molecular weight is 385 g/mol. The normalized spacial score (nSPS) is 18.5. The van der Waals surface area contributed by atoms with Crippen molar-refractivity contribution < 1.29 is 14.3 Å². The van der Waals surface area contributed by atoms with Crippen LogP contribution in [0.5, 0.6) is 5.75 Å². The van der Waals surface area contributed by atoms with Crippen LogP contribution in [0, 0.1) is 5.92 Å². The van der Waals surface area contributed by atoms with E-state index in [0.29, 0.717) is 28.9 Å². The van der Waals surface area contributed by atoms with Crippen LogP contribution in [0.3, 0.4) is 0 Å². The van der Waals surface area contributed by atoms with Gasteiger partial charge in [-0.15, -0.1) is 0 Å². The Kier molecular flexibility index (Phi) is 6.07. The molecule has 5 nitrogen and oxygen atoms in total. The Hall–Kier alpha value is -1.46. The first-order valence-corrected chi connectivity index (χ1v) is 9.44. The van der Waals surface area contributed by atoms with Crippen molar-refractivity contribution in [3.8, 4) is 5.75 Å². The zero-order valence-electron chi connectivity index (χ0n) is 14.0. The first-order valence-electron chi connectivity index (χ1n) is 8.69. The van der Waals surface area contributed by atoms with Crippen molar-refractivity contribution >= 4 is 35.0 Å². The van der Waals surface area contributed by atoms with Gasteiger partial charge in [0.25, 0.3) is 5.91 Å². The number of rotatable bonds is 4. The van der Waals surface area contributed by atoms with Crippen LogP contribution >= 0.6 is 23.2 Å². The molecule has 2 aliphatic rings. The molecule has 1 aromatic carbocycles. The molecule has 0 atom stereocenters. The number of halogens is 2. The van der Waals surface area contributed by atoms with E-state index in [1.807, 2.05) is 4.90 Å². The third kappa shape index (κ3) is 4.59. The predicted octanol–water partition coefficient (Wildman–Crippen LogP) is 3.23. The molecule has 0 saturated carbocycles. The Morgan fingerprint density at radius 3 is 2.36 bits per heavy atom. The Bertz CT molecular complexity index is 639. The van der Waals surface area contributed by atoms with Gasteiger partial charge in [0.05, 0.1) is 5.02 Å². The highest BCUT2D eigenvalue weighted by Gasteiger charge is 2.31. The first kappa shape index (κ1) is 18.3. The molecule has 0 aromatic heterocycles. The van der Waals surface area contributed by atoms with Crippen molar-refractivity contribution in [1.29, 1.82) is 0 Å². The minimum atomic E-state index is -0.0851. The van der Waals surface area contributed by atoms with Gasteiger partial charge in [-0.2, -0.15) is 0 Å². The molecule has 25 heavy (non-hydrogen) atoms. The number of nitrogens with zero attached hydrogens (tertiary/aromatic N) is 2. The van der Waals surface area contributed by atoms with Gasteiger partial charge in [0.2, 0.25) is 5.91 Å². The van der Waals surface area contributed by atoms with E-state index in [1.165, 1.54) is 0 Å². The van der Waals surface area contributed by atoms with Crippen molar-refractivity contribution in [2.45, 2.75) is 25.7 Å². The zero-order chi connectivity index (χ0) is 17.8. The van der Waals surface area contributed by atoms with Gasteiger partial charge >= 0.3 is 0 Å². The number of likely N-dealkylation sites (tertiary alicyclic amines) is 2. The maximum absolute atomic E-state index is 12.4. The fraction of sp³-hybridized carbons (Fsp3) is 0.556. The van der Waals surface area contributed by atoms with Gasteiger partial charge in [-0.3, -0.25) is 9.59 Å². The fourth-order valence-electron chi connectivity index (χ4n) is 3.39. The maximum Gasteiger partial charge on any atom is 0.260 e. The molecule has 2 fully saturated rings. The Labute approximate surface area is 157 Å². The number of piperidine rings is 1. The predicted molar refractivity (Wildman–Crippen MR) is 97.1 cm³/mol. The molecule has 3 rings (SSSR count). The summed E-state index contributed by atoms with van der Waals surface area (Å²) in [6.45, 7) is 2.90. The third-order valence-electron chi connectivity index (χ3n) is 4.86. The SMILES string of the molecule is O=C(COc1ccc(Cl)cc1Cl)N1CCC(C(=O)N2CCCC2)CC1. The highest BCUT2D eigenvalue weighted by atomic mass is 35.5. The summed E-state index contributed by atoms with van der Waals surface area (Å²) in [5, 5.41) is 0.906. The molecule has 7 heteroatoms. The third-order valence-corrected chi connectivity index (χ3v) is 5.39. The van der Waals surface area contributed by atoms with Gasteiger partial charge in [-0.25, -0.2) is 0 Å². The summed E-state index contributed by atoms with van der Waals surface area (Å²) in [4.78, 5) is 28.5. The van der Waals surface area contributed by atoms with E-state index >= 15 is 0 Å². The number of hydrogen-bond acceptors (Lipinski definition) is 3. The summed E-state index contributed by atoms with van der Waals surface area (Å²) in [6.07, 6.45) is 3.66. The van der Waals surface area contributed by atoms with Gasteiger partial charge in [-0.05, 0) is 43.9 Å². The second-order valence-corrected chi connectivity index (χ2v) is 7.39. The van der Waals surface area contributed by atoms with Crippen LogP contribution in [0.15, 0.2) is 18.2 Å².